The highest BCUT2D eigenvalue weighted by molar-refractivity contribution is 7.20. The van der Waals surface area contributed by atoms with Gasteiger partial charge in [-0.1, -0.05) is 6.07 Å². The summed E-state index contributed by atoms with van der Waals surface area (Å²) in [5, 5.41) is 2.18. The Morgan fingerprint density at radius 2 is 2.17 bits per heavy atom. The number of fused-ring (bicyclic) bond motifs is 1. The number of nitrogens with zero attached hydrogens (tertiary/aromatic N) is 2. The number of carbonyl (C=O) groups excluding carboxylic acids is 2. The molecule has 0 N–H and O–H groups in total. The fourth-order valence-electron chi connectivity index (χ4n) is 2.33. The molecule has 0 aliphatic heterocycles. The lowest BCUT2D eigenvalue weighted by Gasteiger charge is -2.03. The maximum Gasteiger partial charge on any atom is 0.348 e. The van der Waals surface area contributed by atoms with Crippen molar-refractivity contribution in [1.29, 1.82) is 0 Å². The molecular weight excluding hydrogens is 348 g/mol. The van der Waals surface area contributed by atoms with Crippen LogP contribution in [-0.2, 0) is 11.3 Å². The van der Waals surface area contributed by atoms with Gasteiger partial charge in [-0.25, -0.2) is 9.78 Å². The Hall–Kier alpha value is -2.32. The molecule has 0 bridgehead atoms. The second kappa shape index (κ2) is 6.66. The molecule has 0 atom stereocenters. The molecule has 3 rings (SSSR count). The number of Topliss-reactive ketones (excluding diaryl/α,β-unsaturated/α-hetero) is 1. The molecule has 24 heavy (non-hydrogen) atoms. The smallest absolute Gasteiger partial charge is 0.348 e. The molecular formula is C16H14N2O4S2. The van der Waals surface area contributed by atoms with E-state index in [1.54, 1.807) is 26.0 Å². The van der Waals surface area contributed by atoms with Crippen LogP contribution in [0.25, 0.3) is 10.2 Å². The summed E-state index contributed by atoms with van der Waals surface area (Å²) in [5.41, 5.74) is 0.220. The van der Waals surface area contributed by atoms with E-state index in [1.165, 1.54) is 22.2 Å². The first-order valence-corrected chi connectivity index (χ1v) is 8.95. The highest BCUT2D eigenvalue weighted by atomic mass is 32.1. The summed E-state index contributed by atoms with van der Waals surface area (Å²) >= 11 is 2.46. The number of rotatable bonds is 5. The zero-order valence-corrected chi connectivity index (χ0v) is 14.7. The second-order valence-electron chi connectivity index (χ2n) is 5.03. The van der Waals surface area contributed by atoms with E-state index in [0.717, 1.165) is 11.3 Å². The van der Waals surface area contributed by atoms with Crippen LogP contribution in [0.3, 0.4) is 0 Å². The lowest BCUT2D eigenvalue weighted by atomic mass is 10.2. The van der Waals surface area contributed by atoms with Crippen LogP contribution in [0.1, 0.15) is 31.8 Å². The molecule has 0 spiro atoms. The molecule has 0 unspecified atom stereocenters. The van der Waals surface area contributed by atoms with Crippen LogP contribution in [0.4, 0.5) is 0 Å². The fraction of sp³-hybridized carbons (Fsp3) is 0.250. The van der Waals surface area contributed by atoms with E-state index in [1.807, 2.05) is 5.38 Å². The Balaban J connectivity index is 2.01. The van der Waals surface area contributed by atoms with Gasteiger partial charge >= 0.3 is 5.97 Å². The average molecular weight is 362 g/mol. The predicted molar refractivity (Wildman–Crippen MR) is 93.2 cm³/mol. The van der Waals surface area contributed by atoms with Gasteiger partial charge in [-0.2, -0.15) is 0 Å². The zero-order valence-electron chi connectivity index (χ0n) is 13.1. The van der Waals surface area contributed by atoms with Crippen molar-refractivity contribution in [3.8, 4) is 0 Å². The van der Waals surface area contributed by atoms with E-state index in [9.17, 15) is 14.4 Å². The zero-order chi connectivity index (χ0) is 17.3. The van der Waals surface area contributed by atoms with E-state index in [0.29, 0.717) is 25.5 Å². The minimum atomic E-state index is -0.460. The van der Waals surface area contributed by atoms with Crippen molar-refractivity contribution in [2.24, 2.45) is 0 Å². The van der Waals surface area contributed by atoms with Crippen molar-refractivity contribution in [2.45, 2.75) is 20.4 Å². The SMILES string of the molecule is CCOC(=O)c1sc2ncn(CC(=O)c3cccs3)c(=O)c2c1C. The number of esters is 1. The normalized spacial score (nSPS) is 10.9. The number of carbonyl (C=O) groups is 2. The van der Waals surface area contributed by atoms with Gasteiger partial charge in [-0.3, -0.25) is 14.2 Å². The van der Waals surface area contributed by atoms with Crippen LogP contribution < -0.4 is 5.56 Å². The molecule has 0 aliphatic carbocycles. The maximum atomic E-state index is 12.7. The summed E-state index contributed by atoms with van der Waals surface area (Å²) in [6, 6.07) is 3.51. The van der Waals surface area contributed by atoms with Crippen molar-refractivity contribution in [3.63, 3.8) is 0 Å². The van der Waals surface area contributed by atoms with Gasteiger partial charge < -0.3 is 4.74 Å². The number of aryl methyl sites for hydroxylation is 1. The summed E-state index contributed by atoms with van der Waals surface area (Å²) in [6.45, 7) is 3.60. The largest absolute Gasteiger partial charge is 0.462 e. The van der Waals surface area contributed by atoms with Crippen LogP contribution in [-0.4, -0.2) is 27.9 Å². The summed E-state index contributed by atoms with van der Waals surface area (Å²) in [6.07, 6.45) is 1.35. The van der Waals surface area contributed by atoms with Crippen LogP contribution in [0.5, 0.6) is 0 Å². The quantitative estimate of drug-likeness (QED) is 0.515. The standard InChI is InChI=1S/C16H14N2O4S2/c1-3-22-16(21)13-9(2)12-14(24-13)17-8-18(15(12)20)7-10(19)11-5-4-6-23-11/h4-6,8H,3,7H2,1-2H3. The minimum absolute atomic E-state index is 0.0771. The lowest BCUT2D eigenvalue weighted by molar-refractivity contribution is 0.0531. The van der Waals surface area contributed by atoms with Crippen molar-refractivity contribution in [3.05, 3.63) is 49.5 Å². The van der Waals surface area contributed by atoms with Crippen molar-refractivity contribution >= 4 is 44.6 Å². The van der Waals surface area contributed by atoms with Crippen molar-refractivity contribution in [1.82, 2.24) is 9.55 Å². The van der Waals surface area contributed by atoms with Gasteiger partial charge in [0, 0.05) is 0 Å². The number of hydrogen-bond acceptors (Lipinski definition) is 7. The Morgan fingerprint density at radius 3 is 2.83 bits per heavy atom. The van der Waals surface area contributed by atoms with Gasteiger partial charge in [0.05, 0.1) is 29.7 Å². The number of hydrogen-bond donors (Lipinski definition) is 0. The number of ether oxygens (including phenoxy) is 1. The van der Waals surface area contributed by atoms with E-state index >= 15 is 0 Å². The summed E-state index contributed by atoms with van der Waals surface area (Å²) in [5.74, 6) is -0.606. The fourth-order valence-corrected chi connectivity index (χ4v) is 4.02. The van der Waals surface area contributed by atoms with Crippen LogP contribution in [0, 0.1) is 6.92 Å². The predicted octanol–water partition coefficient (Wildman–Crippen LogP) is 2.89. The molecule has 0 fully saturated rings. The van der Waals surface area contributed by atoms with Gasteiger partial charge in [-0.15, -0.1) is 22.7 Å². The van der Waals surface area contributed by atoms with Gasteiger partial charge in [0.2, 0.25) is 0 Å². The van der Waals surface area contributed by atoms with E-state index in [2.05, 4.69) is 4.98 Å². The molecule has 0 aromatic carbocycles. The Kier molecular flexibility index (Phi) is 4.59. The topological polar surface area (TPSA) is 78.3 Å². The van der Waals surface area contributed by atoms with Crippen molar-refractivity contribution in [2.75, 3.05) is 6.61 Å². The van der Waals surface area contributed by atoms with Gasteiger partial charge in [-0.05, 0) is 30.9 Å². The highest BCUT2D eigenvalue weighted by Crippen LogP contribution is 2.27. The van der Waals surface area contributed by atoms with E-state index in [4.69, 9.17) is 4.74 Å². The molecule has 0 saturated heterocycles. The van der Waals surface area contributed by atoms with Crippen LogP contribution in [0.2, 0.25) is 0 Å². The number of aromatic nitrogens is 2. The maximum absolute atomic E-state index is 12.7. The molecule has 0 radical (unpaired) electrons. The molecule has 124 valence electrons. The Morgan fingerprint density at radius 1 is 1.38 bits per heavy atom. The molecule has 6 nitrogen and oxygen atoms in total. The first-order chi connectivity index (χ1) is 11.5. The first kappa shape index (κ1) is 16.5. The van der Waals surface area contributed by atoms with Gasteiger partial charge in [0.1, 0.15) is 9.71 Å². The number of thiophene rings is 2. The third-order valence-electron chi connectivity index (χ3n) is 3.49. The molecule has 3 aromatic rings. The van der Waals surface area contributed by atoms with Gasteiger partial charge in [0.25, 0.3) is 5.56 Å². The van der Waals surface area contributed by atoms with Crippen LogP contribution >= 0.6 is 22.7 Å². The van der Waals surface area contributed by atoms with E-state index in [-0.39, 0.29) is 24.5 Å². The molecule has 0 aliphatic rings. The minimum Gasteiger partial charge on any atom is -0.462 e. The summed E-state index contributed by atoms with van der Waals surface area (Å²) < 4.78 is 6.28. The first-order valence-electron chi connectivity index (χ1n) is 7.25. The molecule has 0 amide bonds. The molecule has 3 aromatic heterocycles. The van der Waals surface area contributed by atoms with Crippen LogP contribution in [0.15, 0.2) is 28.6 Å². The Labute approximate surface area is 145 Å². The highest BCUT2D eigenvalue weighted by Gasteiger charge is 2.21. The van der Waals surface area contributed by atoms with E-state index < -0.39 is 5.97 Å². The summed E-state index contributed by atoms with van der Waals surface area (Å²) in [7, 11) is 0. The molecule has 3 heterocycles. The monoisotopic (exact) mass is 362 g/mol. The number of ketones is 1. The Bertz CT molecular complexity index is 970. The second-order valence-corrected chi connectivity index (χ2v) is 6.98. The lowest BCUT2D eigenvalue weighted by Crippen LogP contribution is -2.24. The average Bonchev–Trinajstić information content (AvgIpc) is 3.19. The third kappa shape index (κ3) is 2.90. The third-order valence-corrected chi connectivity index (χ3v) is 5.58. The molecule has 8 heteroatoms. The summed E-state index contributed by atoms with van der Waals surface area (Å²) in [4.78, 5) is 42.5. The van der Waals surface area contributed by atoms with Crippen molar-refractivity contribution < 1.29 is 14.3 Å². The molecule has 0 saturated carbocycles. The van der Waals surface area contributed by atoms with Gasteiger partial charge in [0.15, 0.2) is 5.78 Å².